The number of rotatable bonds is 22. The summed E-state index contributed by atoms with van der Waals surface area (Å²) >= 11 is 0. The lowest BCUT2D eigenvalue weighted by Crippen LogP contribution is -2.48. The van der Waals surface area contributed by atoms with E-state index in [1.807, 2.05) is 21.1 Å². The van der Waals surface area contributed by atoms with Gasteiger partial charge in [0.25, 0.3) is 0 Å². The molecule has 0 aromatic rings. The summed E-state index contributed by atoms with van der Waals surface area (Å²) in [6.45, 7) is 18.6. The highest BCUT2D eigenvalue weighted by atomic mass is 16.5. The molecule has 1 aliphatic heterocycles. The van der Waals surface area contributed by atoms with Gasteiger partial charge in [0.05, 0.1) is 5.60 Å². The van der Waals surface area contributed by atoms with E-state index < -0.39 is 0 Å². The van der Waals surface area contributed by atoms with Crippen LogP contribution in [0, 0.1) is 5.41 Å². The molecule has 234 valence electrons. The summed E-state index contributed by atoms with van der Waals surface area (Å²) in [5, 5.41) is 6.26. The zero-order chi connectivity index (χ0) is 29.7. The summed E-state index contributed by atoms with van der Waals surface area (Å²) in [4.78, 5) is 21.5. The van der Waals surface area contributed by atoms with E-state index in [4.69, 9.17) is 19.9 Å². The van der Waals surface area contributed by atoms with Crippen molar-refractivity contribution in [3.8, 4) is 0 Å². The molecule has 0 aromatic heterocycles. The second-order valence-corrected chi connectivity index (χ2v) is 11.9. The summed E-state index contributed by atoms with van der Waals surface area (Å²) in [5.41, 5.74) is 5.26. The molecule has 1 aliphatic rings. The quantitative estimate of drug-likeness (QED) is 0.135. The molecule has 4 N–H and O–H groups in total. The zero-order valence-electron chi connectivity index (χ0n) is 26.4. The summed E-state index contributed by atoms with van der Waals surface area (Å²) in [6, 6.07) is 0.110. The maximum atomic E-state index is 12.0. The number of nitrogens with two attached hydrogens (primary N) is 1. The normalized spacial score (nSPS) is 17.9. The number of allylic oxidation sites excluding steroid dienone is 1. The third-order valence-corrected chi connectivity index (χ3v) is 7.86. The van der Waals surface area contributed by atoms with Gasteiger partial charge >= 0.3 is 0 Å². The van der Waals surface area contributed by atoms with E-state index in [-0.39, 0.29) is 29.6 Å². The molecule has 40 heavy (non-hydrogen) atoms. The first-order chi connectivity index (χ1) is 19.2. The number of carbonyl (C=O) groups is 1. The Hall–Kier alpha value is -1.56. The molecule has 0 aliphatic carbocycles. The topological polar surface area (TPSA) is 114 Å². The molecule has 2 atom stereocenters. The lowest BCUT2D eigenvalue weighted by molar-refractivity contribution is -0.127. The number of hydrogen-bond donors (Lipinski definition) is 3. The standard InChI is InChI=1S/C30H60N6O4/c1-27(29(2,3)4)34-28(37)26-40-25-9-24-39-23-8-17-35-19-21-36(22-20-35)18-12-30(38-6,10-15-32-5)11-16-33-14-7-13-31/h7,13-14,27,32H,8-12,15-26,31H2,1-6H3,(H,34,37)/b13-7+,33-14-. The van der Waals surface area contributed by atoms with Crippen molar-refractivity contribution < 1.29 is 19.0 Å². The van der Waals surface area contributed by atoms with Gasteiger partial charge in [-0.3, -0.25) is 9.79 Å². The van der Waals surface area contributed by atoms with E-state index in [0.29, 0.717) is 13.2 Å². The number of ether oxygens (including phenoxy) is 3. The fraction of sp³-hybridized carbons (Fsp3) is 0.867. The lowest BCUT2D eigenvalue weighted by atomic mass is 9.88. The van der Waals surface area contributed by atoms with Crippen molar-refractivity contribution in [1.29, 1.82) is 0 Å². The maximum Gasteiger partial charge on any atom is 0.246 e. The molecule has 0 saturated carbocycles. The van der Waals surface area contributed by atoms with Gasteiger partial charge in [0.15, 0.2) is 0 Å². The van der Waals surface area contributed by atoms with Crippen LogP contribution >= 0.6 is 0 Å². The first kappa shape index (κ1) is 36.5. The average Bonchev–Trinajstić information content (AvgIpc) is 2.93. The molecule has 1 saturated heterocycles. The third kappa shape index (κ3) is 16.6. The molecule has 2 unspecified atom stereocenters. The van der Waals surface area contributed by atoms with Crippen LogP contribution < -0.4 is 16.4 Å². The van der Waals surface area contributed by atoms with E-state index in [2.05, 4.69) is 46.2 Å². The Morgan fingerprint density at radius 2 is 1.65 bits per heavy atom. The Kier molecular flexibility index (Phi) is 19.3. The van der Waals surface area contributed by atoms with Crippen LogP contribution in [0.3, 0.4) is 0 Å². The molecule has 1 heterocycles. The SMILES string of the molecule is CNCCC(CC/N=C\C=C\N)(CCN1CCN(CCCOCCCOCC(=O)NC(C)C(C)(C)C)CC1)OC. The molecule has 0 bridgehead atoms. The first-order valence-electron chi connectivity index (χ1n) is 15.1. The highest BCUT2D eigenvalue weighted by Gasteiger charge is 2.30. The monoisotopic (exact) mass is 568 g/mol. The Balaban J connectivity index is 2.15. The third-order valence-electron chi connectivity index (χ3n) is 7.86. The highest BCUT2D eigenvalue weighted by Crippen LogP contribution is 2.25. The number of methoxy groups -OCH3 is 1. The average molecular weight is 569 g/mol. The molecule has 0 radical (unpaired) electrons. The first-order valence-corrected chi connectivity index (χ1v) is 15.1. The fourth-order valence-corrected chi connectivity index (χ4v) is 4.51. The zero-order valence-corrected chi connectivity index (χ0v) is 26.4. The molecular formula is C30H60N6O4. The van der Waals surface area contributed by atoms with Crippen LogP contribution in [0.25, 0.3) is 0 Å². The van der Waals surface area contributed by atoms with Crippen LogP contribution in [0.15, 0.2) is 17.3 Å². The van der Waals surface area contributed by atoms with Crippen LogP contribution in [0.2, 0.25) is 0 Å². The molecule has 0 spiro atoms. The van der Waals surface area contributed by atoms with Gasteiger partial charge in [0, 0.05) is 85.0 Å². The molecular weight excluding hydrogens is 508 g/mol. The number of piperazine rings is 1. The minimum Gasteiger partial charge on any atom is -0.405 e. The summed E-state index contributed by atoms with van der Waals surface area (Å²) in [6.07, 6.45) is 9.72. The van der Waals surface area contributed by atoms with E-state index in [1.54, 1.807) is 12.3 Å². The molecule has 10 heteroatoms. The van der Waals surface area contributed by atoms with Crippen molar-refractivity contribution >= 4 is 12.1 Å². The molecule has 0 aromatic carbocycles. The minimum atomic E-state index is -0.163. The Bertz CT molecular complexity index is 707. The summed E-state index contributed by atoms with van der Waals surface area (Å²) in [7, 11) is 3.82. The van der Waals surface area contributed by atoms with Gasteiger partial charge in [0.2, 0.25) is 5.91 Å². The maximum absolute atomic E-state index is 12.0. The number of nitrogens with zero attached hydrogens (tertiary/aromatic N) is 3. The number of carbonyl (C=O) groups excluding carboxylic acids is 1. The van der Waals surface area contributed by atoms with Crippen molar-refractivity contribution in [3.05, 3.63) is 12.3 Å². The molecule has 1 fully saturated rings. The number of amides is 1. The lowest BCUT2D eigenvalue weighted by Gasteiger charge is -2.38. The number of hydrogen-bond acceptors (Lipinski definition) is 9. The fourth-order valence-electron chi connectivity index (χ4n) is 4.51. The van der Waals surface area contributed by atoms with Gasteiger partial charge in [0.1, 0.15) is 6.61 Å². The number of aliphatic imine (C=N–C) groups is 1. The van der Waals surface area contributed by atoms with Gasteiger partial charge in [-0.25, -0.2) is 0 Å². The van der Waals surface area contributed by atoms with E-state index in [9.17, 15) is 4.79 Å². The Labute approximate surface area is 244 Å². The molecule has 1 amide bonds. The summed E-state index contributed by atoms with van der Waals surface area (Å²) in [5.74, 6) is -0.0584. The van der Waals surface area contributed by atoms with Crippen molar-refractivity contribution in [2.75, 3.05) is 92.9 Å². The van der Waals surface area contributed by atoms with Crippen molar-refractivity contribution in [1.82, 2.24) is 20.4 Å². The van der Waals surface area contributed by atoms with Crippen LogP contribution in [0.5, 0.6) is 0 Å². The smallest absolute Gasteiger partial charge is 0.246 e. The molecule has 10 nitrogen and oxygen atoms in total. The van der Waals surface area contributed by atoms with E-state index in [0.717, 1.165) is 91.1 Å². The highest BCUT2D eigenvalue weighted by molar-refractivity contribution is 5.77. The predicted octanol–water partition coefficient (Wildman–Crippen LogP) is 2.29. The van der Waals surface area contributed by atoms with Gasteiger partial charge in [-0.2, -0.15) is 0 Å². The minimum absolute atomic E-state index is 0.0408. The van der Waals surface area contributed by atoms with Gasteiger partial charge in [-0.15, -0.1) is 0 Å². The van der Waals surface area contributed by atoms with Gasteiger partial charge in [-0.05, 0) is 70.3 Å². The second-order valence-electron chi connectivity index (χ2n) is 11.9. The van der Waals surface area contributed by atoms with Crippen molar-refractivity contribution in [3.63, 3.8) is 0 Å². The number of nitrogens with one attached hydrogen (secondary N) is 2. The second kappa shape index (κ2) is 21.2. The van der Waals surface area contributed by atoms with Crippen molar-refractivity contribution in [2.24, 2.45) is 16.1 Å². The van der Waals surface area contributed by atoms with Gasteiger partial charge in [-0.1, -0.05) is 20.8 Å². The van der Waals surface area contributed by atoms with Crippen LogP contribution in [0.4, 0.5) is 0 Å². The Morgan fingerprint density at radius 1 is 1.00 bits per heavy atom. The van der Waals surface area contributed by atoms with Crippen LogP contribution in [-0.2, 0) is 19.0 Å². The van der Waals surface area contributed by atoms with Crippen LogP contribution in [0.1, 0.15) is 59.8 Å². The van der Waals surface area contributed by atoms with Crippen LogP contribution in [-0.4, -0.2) is 127 Å². The largest absolute Gasteiger partial charge is 0.405 e. The molecule has 1 rings (SSSR count). The van der Waals surface area contributed by atoms with Gasteiger partial charge < -0.3 is 40.4 Å². The van der Waals surface area contributed by atoms with E-state index >= 15 is 0 Å². The van der Waals surface area contributed by atoms with E-state index in [1.165, 1.54) is 6.20 Å². The predicted molar refractivity (Wildman–Crippen MR) is 165 cm³/mol. The van der Waals surface area contributed by atoms with Crippen molar-refractivity contribution in [2.45, 2.75) is 71.4 Å². The summed E-state index contributed by atoms with van der Waals surface area (Å²) < 4.78 is 17.3. The Morgan fingerprint density at radius 3 is 2.27 bits per heavy atom.